The summed E-state index contributed by atoms with van der Waals surface area (Å²) in [6, 6.07) is 12.6. The number of sulfonamides is 1. The van der Waals surface area contributed by atoms with Crippen LogP contribution in [0.15, 0.2) is 64.5 Å². The molecule has 0 bridgehead atoms. The third-order valence-corrected chi connectivity index (χ3v) is 10.3. The van der Waals surface area contributed by atoms with Crippen LogP contribution in [0.4, 0.5) is 0 Å². The quantitative estimate of drug-likeness (QED) is 0.174. The van der Waals surface area contributed by atoms with Crippen LogP contribution in [0.3, 0.4) is 0 Å². The zero-order valence-electron chi connectivity index (χ0n) is 23.7. The Morgan fingerprint density at radius 1 is 1.07 bits per heavy atom. The maximum absolute atomic E-state index is 13.3. The average Bonchev–Trinajstić information content (AvgIpc) is 3.36. The predicted octanol–water partition coefficient (Wildman–Crippen LogP) is 3.95. The number of nitriles is 1. The molecule has 3 rings (SSSR count). The van der Waals surface area contributed by atoms with Crippen LogP contribution >= 0.6 is 11.8 Å². The van der Waals surface area contributed by atoms with Crippen LogP contribution in [0.5, 0.6) is 0 Å². The summed E-state index contributed by atoms with van der Waals surface area (Å²) in [5, 5.41) is 20.4. The van der Waals surface area contributed by atoms with E-state index in [2.05, 4.69) is 10.3 Å². The van der Waals surface area contributed by atoms with Crippen molar-refractivity contribution in [1.82, 2.24) is 9.62 Å². The monoisotopic (exact) mass is 612 g/mol. The Hall–Kier alpha value is -3.53. The SMILES string of the molecule is CC(CCCCCC(=O)Cc1ccc(CC(NC(=O)[C@@H]2CSC(C)N2S(=O)(=O)c2ccccc2)C(=O)O)cc1)=NC#N. The van der Waals surface area contributed by atoms with Gasteiger partial charge in [0, 0.05) is 30.7 Å². The number of thioether (sulfide) groups is 1. The molecule has 10 nitrogen and oxygen atoms in total. The van der Waals surface area contributed by atoms with E-state index in [9.17, 15) is 27.9 Å². The molecule has 1 aliphatic heterocycles. The van der Waals surface area contributed by atoms with Crippen molar-refractivity contribution in [3.05, 3.63) is 65.7 Å². The smallest absolute Gasteiger partial charge is 0.326 e. The number of aliphatic carboxylic acids is 1. The van der Waals surface area contributed by atoms with Crippen molar-refractivity contribution in [2.75, 3.05) is 5.75 Å². The molecule has 1 saturated heterocycles. The molecular weight excluding hydrogens is 576 g/mol. The summed E-state index contributed by atoms with van der Waals surface area (Å²) >= 11 is 1.31. The van der Waals surface area contributed by atoms with Gasteiger partial charge >= 0.3 is 5.97 Å². The first kappa shape index (κ1) is 33.0. The predicted molar refractivity (Wildman–Crippen MR) is 161 cm³/mol. The lowest BCUT2D eigenvalue weighted by molar-refractivity contribution is -0.142. The number of hydrogen-bond acceptors (Lipinski definition) is 8. The van der Waals surface area contributed by atoms with Crippen molar-refractivity contribution in [3.8, 4) is 6.19 Å². The van der Waals surface area contributed by atoms with Crippen LogP contribution in [0.25, 0.3) is 0 Å². The molecular formula is C30H36N4O6S2. The van der Waals surface area contributed by atoms with Crippen molar-refractivity contribution >= 4 is 45.2 Å². The van der Waals surface area contributed by atoms with Gasteiger partial charge in [0.25, 0.3) is 0 Å². The highest BCUT2D eigenvalue weighted by Crippen LogP contribution is 2.34. The zero-order chi connectivity index (χ0) is 30.7. The van der Waals surface area contributed by atoms with Gasteiger partial charge in [0.1, 0.15) is 17.9 Å². The second-order valence-corrected chi connectivity index (χ2v) is 13.4. The summed E-state index contributed by atoms with van der Waals surface area (Å²) in [5.41, 5.74) is 2.27. The second kappa shape index (κ2) is 15.6. The summed E-state index contributed by atoms with van der Waals surface area (Å²) in [6.45, 7) is 3.52. The van der Waals surface area contributed by atoms with E-state index in [0.717, 1.165) is 41.3 Å². The number of Topliss-reactive ketones (excluding diaryl/α,β-unsaturated/α-hetero) is 1. The van der Waals surface area contributed by atoms with Gasteiger partial charge in [-0.3, -0.25) is 9.59 Å². The van der Waals surface area contributed by atoms with E-state index in [1.54, 1.807) is 55.6 Å². The highest BCUT2D eigenvalue weighted by atomic mass is 32.2. The first-order chi connectivity index (χ1) is 20.0. The average molecular weight is 613 g/mol. The Morgan fingerprint density at radius 3 is 2.36 bits per heavy atom. The minimum Gasteiger partial charge on any atom is -0.480 e. The lowest BCUT2D eigenvalue weighted by Gasteiger charge is -2.27. The van der Waals surface area contributed by atoms with E-state index in [0.29, 0.717) is 12.0 Å². The minimum atomic E-state index is -3.97. The molecule has 0 saturated carbocycles. The van der Waals surface area contributed by atoms with Crippen LogP contribution in [-0.4, -0.2) is 64.4 Å². The van der Waals surface area contributed by atoms with Gasteiger partial charge in [-0.1, -0.05) is 48.9 Å². The number of carbonyl (C=O) groups is 3. The summed E-state index contributed by atoms with van der Waals surface area (Å²) in [6.07, 6.45) is 5.76. The molecule has 0 aliphatic carbocycles. The number of carboxylic acid groups (broad SMARTS) is 1. The maximum Gasteiger partial charge on any atom is 0.326 e. The number of ketones is 1. The fourth-order valence-corrected chi connectivity index (χ4v) is 8.06. The van der Waals surface area contributed by atoms with Gasteiger partial charge in [-0.25, -0.2) is 13.2 Å². The molecule has 42 heavy (non-hydrogen) atoms. The Morgan fingerprint density at radius 2 is 1.71 bits per heavy atom. The largest absolute Gasteiger partial charge is 0.480 e. The number of amides is 1. The number of nitrogens with zero attached hydrogens (tertiary/aromatic N) is 3. The van der Waals surface area contributed by atoms with Gasteiger partial charge in [-0.05, 0) is 56.4 Å². The zero-order valence-corrected chi connectivity index (χ0v) is 25.4. The summed E-state index contributed by atoms with van der Waals surface area (Å²) in [4.78, 5) is 41.4. The molecule has 1 heterocycles. The van der Waals surface area contributed by atoms with E-state index < -0.39 is 39.4 Å². The molecule has 0 radical (unpaired) electrons. The number of nitrogens with one attached hydrogen (secondary N) is 1. The maximum atomic E-state index is 13.3. The molecule has 1 amide bonds. The van der Waals surface area contributed by atoms with Crippen molar-refractivity contribution in [3.63, 3.8) is 0 Å². The molecule has 2 N–H and O–H groups in total. The lowest BCUT2D eigenvalue weighted by atomic mass is 10.00. The highest BCUT2D eigenvalue weighted by Gasteiger charge is 2.45. The Labute approximate surface area is 251 Å². The molecule has 1 aliphatic rings. The standard InChI is InChI=1S/C30H36N4O6S2/c1-21(32-20-31)9-5-3-6-10-25(35)17-23-13-15-24(16-14-23)18-27(30(37)38)33-29(36)28-19-41-22(2)34(28)42(39,40)26-11-7-4-8-12-26/h4,7-8,11-16,22,27-28H,3,5-6,9-10,17-19H2,1-2H3,(H,33,36)(H,37,38)/t22?,27?,28-/m0/s1. The van der Waals surface area contributed by atoms with Crippen LogP contribution < -0.4 is 5.32 Å². The van der Waals surface area contributed by atoms with E-state index >= 15 is 0 Å². The van der Waals surface area contributed by atoms with Gasteiger partial charge in [-0.15, -0.1) is 11.8 Å². The van der Waals surface area contributed by atoms with Gasteiger partial charge < -0.3 is 10.4 Å². The molecule has 12 heteroatoms. The van der Waals surface area contributed by atoms with Crippen LogP contribution in [0, 0.1) is 11.5 Å². The second-order valence-electron chi connectivity index (χ2n) is 10.2. The molecule has 2 unspecified atom stereocenters. The third-order valence-electron chi connectivity index (χ3n) is 7.00. The molecule has 1 fully saturated rings. The lowest BCUT2D eigenvalue weighted by Crippen LogP contribution is -2.53. The molecule has 0 spiro atoms. The summed E-state index contributed by atoms with van der Waals surface area (Å²) in [5.74, 6) is -1.57. The highest BCUT2D eigenvalue weighted by molar-refractivity contribution is 8.01. The summed E-state index contributed by atoms with van der Waals surface area (Å²) in [7, 11) is -3.97. The van der Waals surface area contributed by atoms with E-state index in [1.165, 1.54) is 23.9 Å². The van der Waals surface area contributed by atoms with Crippen LogP contribution in [0.2, 0.25) is 0 Å². The van der Waals surface area contributed by atoms with E-state index in [4.69, 9.17) is 5.26 Å². The molecule has 224 valence electrons. The van der Waals surface area contributed by atoms with Crippen LogP contribution in [-0.2, 0) is 37.2 Å². The van der Waals surface area contributed by atoms with Gasteiger partial charge in [0.2, 0.25) is 22.1 Å². The molecule has 2 aromatic carbocycles. The van der Waals surface area contributed by atoms with Crippen molar-refractivity contribution < 1.29 is 27.9 Å². The first-order valence-electron chi connectivity index (χ1n) is 13.8. The Kier molecular flexibility index (Phi) is 12.3. The fraction of sp³-hybridized carbons (Fsp3) is 0.433. The number of unbranched alkanes of at least 4 members (excludes halogenated alkanes) is 2. The number of carbonyl (C=O) groups excluding carboxylic acids is 2. The van der Waals surface area contributed by atoms with Crippen molar-refractivity contribution in [2.45, 2.75) is 81.1 Å². The number of aliphatic imine (C=N–C) groups is 1. The molecule has 2 aromatic rings. The molecule has 0 aromatic heterocycles. The van der Waals surface area contributed by atoms with Crippen molar-refractivity contribution in [1.29, 1.82) is 5.26 Å². The normalized spacial score (nSPS) is 18.3. The topological polar surface area (TPSA) is 157 Å². The van der Waals surface area contributed by atoms with E-state index in [-0.39, 0.29) is 29.3 Å². The Balaban J connectivity index is 1.55. The fourth-order valence-electron chi connectivity index (χ4n) is 4.73. The van der Waals surface area contributed by atoms with Gasteiger partial charge in [-0.2, -0.15) is 14.6 Å². The first-order valence-corrected chi connectivity index (χ1v) is 16.3. The number of hydrogen-bond donors (Lipinski definition) is 2. The van der Waals surface area contributed by atoms with Gasteiger partial charge in [0.05, 0.1) is 10.3 Å². The van der Waals surface area contributed by atoms with E-state index in [1.807, 2.05) is 6.92 Å². The van der Waals surface area contributed by atoms with Crippen molar-refractivity contribution in [2.24, 2.45) is 4.99 Å². The summed E-state index contributed by atoms with van der Waals surface area (Å²) < 4.78 is 27.7. The Bertz CT molecular complexity index is 1420. The number of benzene rings is 2. The molecule has 3 atom stereocenters. The number of carboxylic acids is 1. The van der Waals surface area contributed by atoms with Gasteiger partial charge in [0.15, 0.2) is 0 Å². The third kappa shape index (κ3) is 9.24. The number of rotatable bonds is 15. The van der Waals surface area contributed by atoms with Crippen LogP contribution in [0.1, 0.15) is 57.1 Å². The minimum absolute atomic E-state index is 0.00464.